The van der Waals surface area contributed by atoms with Gasteiger partial charge in [0, 0.05) is 18.0 Å². The molecule has 0 spiro atoms. The maximum Gasteiger partial charge on any atom is 0.408 e. The molecule has 5 aromatic rings. The molecular weight excluding hydrogens is 485 g/mol. The van der Waals surface area contributed by atoms with E-state index in [1.165, 1.54) is 9.13 Å². The Kier molecular flexibility index (Phi) is 5.85. The second-order valence-electron chi connectivity index (χ2n) is 8.94. The van der Waals surface area contributed by atoms with E-state index < -0.39 is 30.4 Å². The number of benzene rings is 2. The van der Waals surface area contributed by atoms with Crippen molar-refractivity contribution in [2.45, 2.75) is 39.5 Å². The Morgan fingerprint density at radius 2 is 1.86 bits per heavy atom. The van der Waals surface area contributed by atoms with Crippen molar-refractivity contribution in [3.8, 4) is 16.8 Å². The minimum Gasteiger partial charge on any atom is -0.343 e. The van der Waals surface area contributed by atoms with Crippen LogP contribution in [0.25, 0.3) is 33.4 Å². The number of aromatic nitrogens is 5. The van der Waals surface area contributed by atoms with E-state index in [-0.39, 0.29) is 0 Å². The third-order valence-corrected chi connectivity index (χ3v) is 6.40. The fraction of sp³-hybridized carbons (Fsp3) is 0.231. The number of hydrogen-bond acceptors (Lipinski definition) is 4. The molecule has 1 N–H and O–H groups in total. The predicted octanol–water partition coefficient (Wildman–Crippen LogP) is 4.19. The summed E-state index contributed by atoms with van der Waals surface area (Å²) >= 11 is 0. The van der Waals surface area contributed by atoms with E-state index in [9.17, 15) is 22.8 Å². The first-order chi connectivity index (χ1) is 17.6. The third-order valence-electron chi connectivity index (χ3n) is 6.40. The van der Waals surface area contributed by atoms with Crippen molar-refractivity contribution in [2.75, 3.05) is 0 Å². The monoisotopic (exact) mass is 508 g/mol. The van der Waals surface area contributed by atoms with Crippen LogP contribution in [0.15, 0.2) is 66.0 Å². The summed E-state index contributed by atoms with van der Waals surface area (Å²) in [7, 11) is 0. The average Bonchev–Trinajstić information content (AvgIpc) is 3.39. The van der Waals surface area contributed by atoms with Crippen LogP contribution in [0, 0.1) is 13.8 Å². The van der Waals surface area contributed by atoms with Gasteiger partial charge in [-0.25, -0.2) is 9.31 Å². The molecule has 1 atom stereocenters. The first-order valence-corrected chi connectivity index (χ1v) is 11.5. The van der Waals surface area contributed by atoms with Gasteiger partial charge in [0.2, 0.25) is 5.91 Å². The Bertz CT molecular complexity index is 1710. The lowest BCUT2D eigenvalue weighted by molar-refractivity contribution is -0.158. The molecule has 2 aromatic carbocycles. The highest BCUT2D eigenvalue weighted by molar-refractivity contribution is 5.85. The zero-order valence-electron chi connectivity index (χ0n) is 20.2. The molecule has 190 valence electrons. The Hall–Kier alpha value is -4.41. The van der Waals surface area contributed by atoms with Gasteiger partial charge in [0.15, 0.2) is 0 Å². The highest BCUT2D eigenvalue weighted by atomic mass is 19.4. The number of rotatable bonds is 5. The maximum atomic E-state index is 13.6. The number of hydrogen-bond donors (Lipinski definition) is 1. The number of para-hydroxylation sites is 1. The van der Waals surface area contributed by atoms with Gasteiger partial charge in [-0.3, -0.25) is 18.9 Å². The standard InChI is InChI=1S/C26H23F3N6O2/c1-15-5-4-6-21-24(15)35(25(37)33(21)14-23(36)32-17(3)26(27,28)29)20-8-7-18(11-16(20)2)19-12-31-34-10-9-30-13-22(19)34/h4-13,17H,14H2,1-3H3,(H,32,36). The summed E-state index contributed by atoms with van der Waals surface area (Å²) in [5.41, 5.74) is 5.30. The SMILES string of the molecule is Cc1cc(-c2cnn3ccncc23)ccc1-n1c(=O)n(CC(=O)NC(C)C(F)(F)F)c2cccc(C)c21. The van der Waals surface area contributed by atoms with Crippen molar-refractivity contribution in [1.29, 1.82) is 0 Å². The number of imidazole rings is 1. The van der Waals surface area contributed by atoms with Crippen LogP contribution in [-0.4, -0.2) is 41.9 Å². The lowest BCUT2D eigenvalue weighted by Crippen LogP contribution is -2.45. The number of nitrogens with one attached hydrogen (secondary N) is 1. The topological polar surface area (TPSA) is 86.2 Å². The smallest absolute Gasteiger partial charge is 0.343 e. The Balaban J connectivity index is 1.59. The molecular formula is C26H23F3N6O2. The molecule has 0 aliphatic rings. The van der Waals surface area contributed by atoms with Crippen LogP contribution < -0.4 is 11.0 Å². The van der Waals surface area contributed by atoms with Gasteiger partial charge in [-0.2, -0.15) is 18.3 Å². The molecule has 0 radical (unpaired) electrons. The van der Waals surface area contributed by atoms with E-state index in [1.807, 2.05) is 43.4 Å². The minimum absolute atomic E-state index is 0.456. The van der Waals surface area contributed by atoms with E-state index in [0.717, 1.165) is 34.7 Å². The molecule has 5 rings (SSSR count). The van der Waals surface area contributed by atoms with Crippen molar-refractivity contribution >= 4 is 22.5 Å². The van der Waals surface area contributed by atoms with Gasteiger partial charge in [0.1, 0.15) is 12.6 Å². The van der Waals surface area contributed by atoms with E-state index >= 15 is 0 Å². The molecule has 1 amide bonds. The molecule has 0 saturated heterocycles. The fourth-order valence-corrected chi connectivity index (χ4v) is 4.49. The predicted molar refractivity (Wildman–Crippen MR) is 133 cm³/mol. The molecule has 37 heavy (non-hydrogen) atoms. The molecule has 11 heteroatoms. The van der Waals surface area contributed by atoms with E-state index in [0.29, 0.717) is 16.7 Å². The number of fused-ring (bicyclic) bond motifs is 2. The highest BCUT2D eigenvalue weighted by Crippen LogP contribution is 2.29. The number of aryl methyl sites for hydroxylation is 2. The van der Waals surface area contributed by atoms with Crippen molar-refractivity contribution < 1.29 is 18.0 Å². The molecule has 3 aromatic heterocycles. The van der Waals surface area contributed by atoms with Crippen LogP contribution in [0.1, 0.15) is 18.1 Å². The van der Waals surface area contributed by atoms with Gasteiger partial charge in [-0.15, -0.1) is 0 Å². The van der Waals surface area contributed by atoms with Crippen LogP contribution in [0.3, 0.4) is 0 Å². The normalized spacial score (nSPS) is 12.8. The third kappa shape index (κ3) is 4.26. The van der Waals surface area contributed by atoms with Crippen LogP contribution >= 0.6 is 0 Å². The number of nitrogens with zero attached hydrogens (tertiary/aromatic N) is 5. The van der Waals surface area contributed by atoms with Gasteiger partial charge >= 0.3 is 11.9 Å². The second-order valence-corrected chi connectivity index (χ2v) is 8.94. The number of halogens is 3. The Labute approximate surface area is 209 Å². The summed E-state index contributed by atoms with van der Waals surface area (Å²) in [5, 5.41) is 6.28. The summed E-state index contributed by atoms with van der Waals surface area (Å²) in [6.45, 7) is 4.02. The molecule has 0 saturated carbocycles. The van der Waals surface area contributed by atoms with Gasteiger partial charge < -0.3 is 5.32 Å². The minimum atomic E-state index is -4.58. The molecule has 0 fully saturated rings. The summed E-state index contributed by atoms with van der Waals surface area (Å²) in [4.78, 5) is 30.2. The van der Waals surface area contributed by atoms with Gasteiger partial charge in [-0.1, -0.05) is 18.2 Å². The van der Waals surface area contributed by atoms with Crippen molar-refractivity contribution in [3.05, 3.63) is 82.8 Å². The summed E-state index contributed by atoms with van der Waals surface area (Å²) in [6, 6.07) is 8.84. The lowest BCUT2D eigenvalue weighted by Gasteiger charge is -2.17. The summed E-state index contributed by atoms with van der Waals surface area (Å²) < 4.78 is 43.2. The fourth-order valence-electron chi connectivity index (χ4n) is 4.49. The van der Waals surface area contributed by atoms with Crippen molar-refractivity contribution in [2.24, 2.45) is 0 Å². The van der Waals surface area contributed by atoms with Gasteiger partial charge in [0.25, 0.3) is 0 Å². The molecule has 0 aliphatic carbocycles. The second kappa shape index (κ2) is 8.91. The highest BCUT2D eigenvalue weighted by Gasteiger charge is 2.37. The van der Waals surface area contributed by atoms with Gasteiger partial charge in [-0.05, 0) is 55.7 Å². The van der Waals surface area contributed by atoms with Crippen LogP contribution in [0.5, 0.6) is 0 Å². The van der Waals surface area contributed by atoms with Crippen LogP contribution in [0.4, 0.5) is 13.2 Å². The molecule has 0 bridgehead atoms. The van der Waals surface area contributed by atoms with E-state index in [2.05, 4.69) is 10.1 Å². The maximum absolute atomic E-state index is 13.6. The van der Waals surface area contributed by atoms with Crippen molar-refractivity contribution in [3.63, 3.8) is 0 Å². The zero-order valence-corrected chi connectivity index (χ0v) is 20.2. The summed E-state index contributed by atoms with van der Waals surface area (Å²) in [5.74, 6) is -0.902. The number of carbonyl (C=O) groups excluding carboxylic acids is 1. The molecule has 8 nitrogen and oxygen atoms in total. The molecule has 1 unspecified atom stereocenters. The number of amides is 1. The summed E-state index contributed by atoms with van der Waals surface area (Å²) in [6.07, 6.45) is 2.28. The van der Waals surface area contributed by atoms with E-state index in [4.69, 9.17) is 0 Å². The first kappa shape index (κ1) is 24.3. The molecule has 3 heterocycles. The van der Waals surface area contributed by atoms with Crippen molar-refractivity contribution in [1.82, 2.24) is 29.0 Å². The zero-order chi connectivity index (χ0) is 26.5. The quantitative estimate of drug-likeness (QED) is 0.386. The van der Waals surface area contributed by atoms with Crippen LogP contribution in [-0.2, 0) is 11.3 Å². The largest absolute Gasteiger partial charge is 0.408 e. The van der Waals surface area contributed by atoms with Gasteiger partial charge in [0.05, 0.1) is 34.6 Å². The lowest BCUT2D eigenvalue weighted by atomic mass is 10.0. The van der Waals surface area contributed by atoms with E-state index in [1.54, 1.807) is 41.4 Å². The Morgan fingerprint density at radius 3 is 2.59 bits per heavy atom. The average molecular weight is 509 g/mol. The number of carbonyl (C=O) groups is 1. The first-order valence-electron chi connectivity index (χ1n) is 11.5. The Morgan fingerprint density at radius 1 is 1.08 bits per heavy atom. The van der Waals surface area contributed by atoms with Crippen LogP contribution in [0.2, 0.25) is 0 Å². The number of alkyl halides is 3. The molecule has 0 aliphatic heterocycles.